The molecule has 1 saturated heterocycles. The van der Waals surface area contributed by atoms with Gasteiger partial charge in [0.2, 0.25) is 0 Å². The van der Waals surface area contributed by atoms with Crippen molar-refractivity contribution in [1.82, 2.24) is 14.8 Å². The third-order valence-electron chi connectivity index (χ3n) is 4.57. The first-order valence-corrected chi connectivity index (χ1v) is 10.1. The number of hydrogen-bond acceptors (Lipinski definition) is 6. The van der Waals surface area contributed by atoms with E-state index < -0.39 is 0 Å². The Bertz CT molecular complexity index is 772. The van der Waals surface area contributed by atoms with Crippen LogP contribution in [0.1, 0.15) is 21.8 Å². The zero-order chi connectivity index (χ0) is 19.2. The van der Waals surface area contributed by atoms with Crippen LogP contribution < -0.4 is 4.74 Å². The van der Waals surface area contributed by atoms with E-state index in [-0.39, 0.29) is 12.5 Å². The van der Waals surface area contributed by atoms with E-state index in [1.165, 1.54) is 5.56 Å². The van der Waals surface area contributed by atoms with Crippen molar-refractivity contribution in [1.29, 1.82) is 0 Å². The molecular weight excluding hydrogens is 362 g/mol. The maximum Gasteiger partial charge on any atom is 0.260 e. The molecule has 0 atom stereocenters. The number of morpholine rings is 1. The van der Waals surface area contributed by atoms with Gasteiger partial charge in [-0.05, 0) is 25.5 Å². The quantitative estimate of drug-likeness (QED) is 0.729. The molecule has 1 amide bonds. The number of ether oxygens (including phenoxy) is 2. The van der Waals surface area contributed by atoms with Gasteiger partial charge in [-0.15, -0.1) is 11.3 Å². The number of thiazole rings is 1. The van der Waals surface area contributed by atoms with Crippen molar-refractivity contribution in [2.24, 2.45) is 0 Å². The van der Waals surface area contributed by atoms with Crippen LogP contribution in [0.25, 0.3) is 0 Å². The fraction of sp³-hybridized carbons (Fsp3) is 0.500. The molecule has 0 N–H and O–H groups in total. The van der Waals surface area contributed by atoms with Crippen molar-refractivity contribution in [2.45, 2.75) is 26.9 Å². The number of carbonyl (C=O) groups is 1. The second-order valence-electron chi connectivity index (χ2n) is 6.93. The molecule has 27 heavy (non-hydrogen) atoms. The lowest BCUT2D eigenvalue weighted by Gasteiger charge is -2.25. The predicted molar refractivity (Wildman–Crippen MR) is 106 cm³/mol. The average Bonchev–Trinajstić information content (AvgIpc) is 3.08. The predicted octanol–water partition coefficient (Wildman–Crippen LogP) is 2.63. The fourth-order valence-corrected chi connectivity index (χ4v) is 3.81. The van der Waals surface area contributed by atoms with Crippen LogP contribution in [-0.2, 0) is 22.6 Å². The molecule has 2 aromatic rings. The highest BCUT2D eigenvalue weighted by Gasteiger charge is 2.15. The SMILES string of the molecule is Cc1ccc(OCC(=O)N(C)Cc2csc(CN3CCOCC3)n2)c(C)c1. The lowest BCUT2D eigenvalue weighted by molar-refractivity contribution is -0.132. The first-order chi connectivity index (χ1) is 13.0. The summed E-state index contributed by atoms with van der Waals surface area (Å²) < 4.78 is 11.1. The summed E-state index contributed by atoms with van der Waals surface area (Å²) in [6.45, 7) is 8.87. The summed E-state index contributed by atoms with van der Waals surface area (Å²) in [5, 5.41) is 3.11. The molecule has 3 rings (SSSR count). The van der Waals surface area contributed by atoms with E-state index in [4.69, 9.17) is 9.47 Å². The molecule has 0 radical (unpaired) electrons. The van der Waals surface area contributed by atoms with Gasteiger partial charge in [0.15, 0.2) is 6.61 Å². The average molecular weight is 390 g/mol. The molecule has 1 aromatic carbocycles. The second-order valence-corrected chi connectivity index (χ2v) is 7.87. The second kappa shape index (κ2) is 9.30. The number of aromatic nitrogens is 1. The van der Waals surface area contributed by atoms with Crippen LogP contribution in [0.3, 0.4) is 0 Å². The Labute approximate surface area is 164 Å². The smallest absolute Gasteiger partial charge is 0.260 e. The lowest BCUT2D eigenvalue weighted by Crippen LogP contribution is -2.35. The Morgan fingerprint density at radius 1 is 1.33 bits per heavy atom. The highest BCUT2D eigenvalue weighted by Crippen LogP contribution is 2.19. The number of likely N-dealkylation sites (N-methyl/N-ethyl adjacent to an activating group) is 1. The van der Waals surface area contributed by atoms with Gasteiger partial charge in [0.1, 0.15) is 10.8 Å². The number of nitrogens with zero attached hydrogens (tertiary/aromatic N) is 3. The molecule has 2 heterocycles. The van der Waals surface area contributed by atoms with Gasteiger partial charge in [-0.25, -0.2) is 4.98 Å². The summed E-state index contributed by atoms with van der Waals surface area (Å²) in [6.07, 6.45) is 0. The minimum Gasteiger partial charge on any atom is -0.484 e. The number of hydrogen-bond donors (Lipinski definition) is 0. The van der Waals surface area contributed by atoms with Gasteiger partial charge in [-0.1, -0.05) is 17.7 Å². The van der Waals surface area contributed by atoms with Crippen molar-refractivity contribution in [3.63, 3.8) is 0 Å². The molecule has 1 fully saturated rings. The fourth-order valence-electron chi connectivity index (χ4n) is 2.99. The monoisotopic (exact) mass is 389 g/mol. The van der Waals surface area contributed by atoms with Crippen LogP contribution in [0.2, 0.25) is 0 Å². The van der Waals surface area contributed by atoms with Crippen LogP contribution in [0.15, 0.2) is 23.6 Å². The minimum atomic E-state index is -0.0577. The Hall–Kier alpha value is -1.96. The summed E-state index contributed by atoms with van der Waals surface area (Å²) in [5.74, 6) is 0.696. The molecule has 1 aliphatic heterocycles. The molecule has 1 aliphatic rings. The van der Waals surface area contributed by atoms with Crippen molar-refractivity contribution < 1.29 is 14.3 Å². The number of carbonyl (C=O) groups excluding carboxylic acids is 1. The zero-order valence-corrected chi connectivity index (χ0v) is 17.1. The van der Waals surface area contributed by atoms with Crippen molar-refractivity contribution in [3.8, 4) is 5.75 Å². The largest absolute Gasteiger partial charge is 0.484 e. The number of benzene rings is 1. The van der Waals surface area contributed by atoms with Gasteiger partial charge in [-0.2, -0.15) is 0 Å². The third kappa shape index (κ3) is 5.76. The van der Waals surface area contributed by atoms with Crippen LogP contribution in [-0.4, -0.2) is 60.6 Å². The van der Waals surface area contributed by atoms with E-state index in [9.17, 15) is 4.79 Å². The van der Waals surface area contributed by atoms with Gasteiger partial charge >= 0.3 is 0 Å². The summed E-state index contributed by atoms with van der Waals surface area (Å²) in [6, 6.07) is 5.95. The molecule has 0 spiro atoms. The maximum atomic E-state index is 12.4. The highest BCUT2D eigenvalue weighted by molar-refractivity contribution is 7.09. The van der Waals surface area contributed by atoms with E-state index >= 15 is 0 Å². The molecule has 6 nitrogen and oxygen atoms in total. The van der Waals surface area contributed by atoms with Crippen molar-refractivity contribution in [2.75, 3.05) is 40.0 Å². The molecule has 146 valence electrons. The minimum absolute atomic E-state index is 0.0329. The van der Waals surface area contributed by atoms with Gasteiger partial charge in [-0.3, -0.25) is 9.69 Å². The lowest BCUT2D eigenvalue weighted by atomic mass is 10.1. The summed E-state index contributed by atoms with van der Waals surface area (Å²) >= 11 is 1.65. The molecule has 7 heteroatoms. The van der Waals surface area contributed by atoms with Crippen LogP contribution in [0, 0.1) is 13.8 Å². The topological polar surface area (TPSA) is 54.9 Å². The van der Waals surface area contributed by atoms with E-state index in [0.717, 1.165) is 54.9 Å². The Morgan fingerprint density at radius 2 is 2.11 bits per heavy atom. The molecular formula is C20H27N3O3S. The van der Waals surface area contributed by atoms with Crippen LogP contribution in [0.4, 0.5) is 0 Å². The normalized spacial score (nSPS) is 14.9. The summed E-state index contributed by atoms with van der Waals surface area (Å²) in [7, 11) is 1.79. The summed E-state index contributed by atoms with van der Waals surface area (Å²) in [5.41, 5.74) is 3.14. The van der Waals surface area contributed by atoms with E-state index in [1.54, 1.807) is 23.3 Å². The van der Waals surface area contributed by atoms with Gasteiger partial charge in [0.05, 0.1) is 32.0 Å². The van der Waals surface area contributed by atoms with Gasteiger partial charge in [0, 0.05) is 25.5 Å². The number of aryl methyl sites for hydroxylation is 2. The van der Waals surface area contributed by atoms with Crippen LogP contribution in [0.5, 0.6) is 5.75 Å². The third-order valence-corrected chi connectivity index (χ3v) is 5.45. The molecule has 0 aliphatic carbocycles. The summed E-state index contributed by atoms with van der Waals surface area (Å²) in [4.78, 5) is 21.1. The first-order valence-electron chi connectivity index (χ1n) is 9.18. The Balaban J connectivity index is 1.47. The van der Waals surface area contributed by atoms with Crippen molar-refractivity contribution in [3.05, 3.63) is 45.4 Å². The Kier molecular flexibility index (Phi) is 6.82. The Morgan fingerprint density at radius 3 is 2.85 bits per heavy atom. The molecule has 0 saturated carbocycles. The maximum absolute atomic E-state index is 12.4. The highest BCUT2D eigenvalue weighted by atomic mass is 32.1. The molecule has 1 aromatic heterocycles. The first kappa shape index (κ1) is 19.8. The van der Waals surface area contributed by atoms with E-state index in [0.29, 0.717) is 6.54 Å². The zero-order valence-electron chi connectivity index (χ0n) is 16.2. The van der Waals surface area contributed by atoms with Crippen molar-refractivity contribution >= 4 is 17.2 Å². The van der Waals surface area contributed by atoms with Gasteiger partial charge < -0.3 is 14.4 Å². The van der Waals surface area contributed by atoms with E-state index in [2.05, 4.69) is 16.0 Å². The molecule has 0 bridgehead atoms. The molecule has 0 unspecified atom stereocenters. The van der Waals surface area contributed by atoms with E-state index in [1.807, 2.05) is 31.4 Å². The number of rotatable bonds is 7. The standard InChI is InChI=1S/C20H27N3O3S/c1-15-4-5-18(16(2)10-15)26-13-20(24)22(3)11-17-14-27-19(21-17)12-23-6-8-25-9-7-23/h4-5,10,14H,6-9,11-13H2,1-3H3. The number of amides is 1. The van der Waals surface area contributed by atoms with Crippen LogP contribution >= 0.6 is 11.3 Å². The van der Waals surface area contributed by atoms with Gasteiger partial charge in [0.25, 0.3) is 5.91 Å².